The summed E-state index contributed by atoms with van der Waals surface area (Å²) in [5.41, 5.74) is 1.04. The van der Waals surface area contributed by atoms with Gasteiger partial charge >= 0.3 is 0 Å². The van der Waals surface area contributed by atoms with Crippen LogP contribution >= 0.6 is 11.8 Å². The maximum atomic E-state index is 6.94. The van der Waals surface area contributed by atoms with Gasteiger partial charge in [-0.25, -0.2) is 0 Å². The smallest absolute Gasteiger partial charge is 0.184 e. The first-order valence-electron chi connectivity index (χ1n) is 12.8. The highest BCUT2D eigenvalue weighted by atomic mass is 32.2. The number of thioether (sulfide) groups is 1. The zero-order valence-electron chi connectivity index (χ0n) is 24.4. The molecule has 1 aliphatic rings. The van der Waals surface area contributed by atoms with Gasteiger partial charge < -0.3 is 22.4 Å². The fraction of sp³-hybridized carbons (Fsp3) is 0.760. The van der Waals surface area contributed by atoms with E-state index in [-0.39, 0.29) is 29.9 Å². The second-order valence-electron chi connectivity index (χ2n) is 13.5. The first kappa shape index (κ1) is 31.5. The molecule has 10 heteroatoms. The van der Waals surface area contributed by atoms with Gasteiger partial charge in [-0.2, -0.15) is 0 Å². The largest absolute Gasteiger partial charge is 0.415 e. The molecule has 5 nitrogen and oxygen atoms in total. The minimum atomic E-state index is -1.92. The van der Waals surface area contributed by atoms with E-state index in [0.29, 0.717) is 6.61 Å². The van der Waals surface area contributed by atoms with Gasteiger partial charge in [0.15, 0.2) is 33.3 Å². The van der Waals surface area contributed by atoms with Crippen molar-refractivity contribution in [3.8, 4) is 0 Å². The summed E-state index contributed by atoms with van der Waals surface area (Å²) in [7, 11) is -7.49. The van der Waals surface area contributed by atoms with Crippen molar-refractivity contribution in [1.82, 2.24) is 0 Å². The van der Waals surface area contributed by atoms with Crippen molar-refractivity contribution in [2.24, 2.45) is 0 Å². The molecule has 0 spiro atoms. The maximum absolute atomic E-state index is 6.94. The van der Waals surface area contributed by atoms with Crippen LogP contribution in [0.1, 0.15) is 5.56 Å². The van der Waals surface area contributed by atoms with Gasteiger partial charge in [-0.15, -0.1) is 0 Å². The molecule has 5 atom stereocenters. The van der Waals surface area contributed by atoms with Crippen LogP contribution in [-0.2, 0) is 22.4 Å². The number of aryl methyl sites for hydroxylation is 1. The summed E-state index contributed by atoms with van der Waals surface area (Å²) >= 11 is 1.73. The van der Waals surface area contributed by atoms with E-state index in [0.717, 1.165) is 0 Å². The SMILES string of the molecule is Cc1ccc(S[C@@H]2O[C@@H](CO[Si](C)(C)C)[C@H](O[Si](C)(C)C)[C@@H](O[Si](C)(C)C)[C@H]2O[Si](C)(C)C)cc1. The molecule has 35 heavy (non-hydrogen) atoms. The Labute approximate surface area is 223 Å². The van der Waals surface area contributed by atoms with E-state index in [1.54, 1.807) is 11.8 Å². The second kappa shape index (κ2) is 12.0. The number of hydrogen-bond donors (Lipinski definition) is 0. The lowest BCUT2D eigenvalue weighted by Crippen LogP contribution is -2.65. The molecule has 2 rings (SSSR count). The van der Waals surface area contributed by atoms with Gasteiger partial charge in [0, 0.05) is 4.90 Å². The zero-order valence-corrected chi connectivity index (χ0v) is 29.2. The summed E-state index contributed by atoms with van der Waals surface area (Å²) in [5, 5.41) is 0. The van der Waals surface area contributed by atoms with Crippen molar-refractivity contribution >= 4 is 45.0 Å². The van der Waals surface area contributed by atoms with Gasteiger partial charge in [-0.05, 0) is 97.6 Å². The fourth-order valence-corrected chi connectivity index (χ4v) is 8.95. The molecule has 0 bridgehead atoms. The molecule has 1 fully saturated rings. The van der Waals surface area contributed by atoms with Gasteiger partial charge in [-0.3, -0.25) is 0 Å². The first-order valence-corrected chi connectivity index (χ1v) is 27.3. The third kappa shape index (κ3) is 11.7. The van der Waals surface area contributed by atoms with Crippen LogP contribution in [-0.4, -0.2) is 69.7 Å². The van der Waals surface area contributed by atoms with E-state index >= 15 is 0 Å². The van der Waals surface area contributed by atoms with E-state index in [1.807, 2.05) is 0 Å². The summed E-state index contributed by atoms with van der Waals surface area (Å²) in [4.78, 5) is 1.17. The molecule has 0 radical (unpaired) electrons. The Morgan fingerprint density at radius 1 is 0.657 bits per heavy atom. The Morgan fingerprint density at radius 3 is 1.57 bits per heavy atom. The molecule has 0 amide bonds. The number of benzene rings is 1. The van der Waals surface area contributed by atoms with Gasteiger partial charge in [0.25, 0.3) is 0 Å². The molecular weight excluding hydrogens is 525 g/mol. The molecule has 1 aromatic carbocycles. The van der Waals surface area contributed by atoms with Crippen molar-refractivity contribution in [2.45, 2.75) is 120 Å². The normalized spacial score (nSPS) is 26.7. The van der Waals surface area contributed by atoms with E-state index in [1.165, 1.54) is 10.5 Å². The molecule has 1 aliphatic heterocycles. The topological polar surface area (TPSA) is 46.2 Å². The third-order valence-electron chi connectivity index (χ3n) is 5.01. The number of rotatable bonds is 11. The summed E-state index contributed by atoms with van der Waals surface area (Å²) < 4.78 is 33.9. The lowest BCUT2D eigenvalue weighted by Gasteiger charge is -2.51. The van der Waals surface area contributed by atoms with Crippen LogP contribution in [0.2, 0.25) is 78.6 Å². The molecule has 0 N–H and O–H groups in total. The van der Waals surface area contributed by atoms with Gasteiger partial charge in [0.2, 0.25) is 0 Å². The highest BCUT2D eigenvalue weighted by Gasteiger charge is 2.51. The molecule has 0 aliphatic carbocycles. The molecule has 1 saturated heterocycles. The fourth-order valence-electron chi connectivity index (χ4n) is 3.82. The minimum absolute atomic E-state index is 0.202. The highest BCUT2D eigenvalue weighted by molar-refractivity contribution is 7.99. The molecule has 1 aromatic rings. The van der Waals surface area contributed by atoms with Crippen molar-refractivity contribution < 1.29 is 22.4 Å². The molecule has 1 heterocycles. The van der Waals surface area contributed by atoms with Gasteiger partial charge in [0.1, 0.15) is 29.9 Å². The van der Waals surface area contributed by atoms with Crippen LogP contribution in [0.4, 0.5) is 0 Å². The third-order valence-corrected chi connectivity index (χ3v) is 10.1. The van der Waals surface area contributed by atoms with Crippen molar-refractivity contribution in [3.63, 3.8) is 0 Å². The van der Waals surface area contributed by atoms with Gasteiger partial charge in [0.05, 0.1) is 6.61 Å². The molecule has 0 saturated carbocycles. The van der Waals surface area contributed by atoms with E-state index < -0.39 is 33.3 Å². The van der Waals surface area contributed by atoms with Crippen LogP contribution in [0.5, 0.6) is 0 Å². The maximum Gasteiger partial charge on any atom is 0.184 e. The predicted molar refractivity (Wildman–Crippen MR) is 160 cm³/mol. The number of hydrogen-bond acceptors (Lipinski definition) is 6. The van der Waals surface area contributed by atoms with E-state index in [9.17, 15) is 0 Å². The molecule has 0 unspecified atom stereocenters. The summed E-state index contributed by atoms with van der Waals surface area (Å²) in [6.07, 6.45) is -0.851. The standard InChI is InChI=1S/C25H50O5SSi4/c1-19-14-16-20(17-15-19)31-25-24(30-35(11,12)13)23(29-34(8,9)10)22(28-33(5,6)7)21(27-25)18-26-32(2,3)4/h14-17,21-25H,18H2,1-13H3/t21-,22-,23+,24+,25-/m0/s1. The quantitative estimate of drug-likeness (QED) is 0.258. The van der Waals surface area contributed by atoms with Crippen LogP contribution < -0.4 is 0 Å². The highest BCUT2D eigenvalue weighted by Crippen LogP contribution is 2.40. The minimum Gasteiger partial charge on any atom is -0.415 e. The Hall–Kier alpha value is 0.238. The van der Waals surface area contributed by atoms with Crippen LogP contribution in [0, 0.1) is 6.92 Å². The lowest BCUT2D eigenvalue weighted by atomic mass is 10.0. The van der Waals surface area contributed by atoms with E-state index in [2.05, 4.69) is 110 Å². The van der Waals surface area contributed by atoms with Gasteiger partial charge in [-0.1, -0.05) is 29.5 Å². The average Bonchev–Trinajstić information content (AvgIpc) is 2.63. The number of ether oxygens (including phenoxy) is 1. The lowest BCUT2D eigenvalue weighted by molar-refractivity contribution is -0.189. The Balaban J connectivity index is 2.54. The Morgan fingerprint density at radius 2 is 1.11 bits per heavy atom. The summed E-state index contributed by atoms with van der Waals surface area (Å²) in [6, 6.07) is 8.64. The van der Waals surface area contributed by atoms with Crippen molar-refractivity contribution in [1.29, 1.82) is 0 Å². The zero-order chi connectivity index (χ0) is 26.8. The van der Waals surface area contributed by atoms with Crippen LogP contribution in [0.3, 0.4) is 0 Å². The predicted octanol–water partition coefficient (Wildman–Crippen LogP) is 7.32. The monoisotopic (exact) mass is 574 g/mol. The van der Waals surface area contributed by atoms with E-state index in [4.69, 9.17) is 22.4 Å². The first-order chi connectivity index (χ1) is 15.7. The molecular formula is C25H50O5SSi4. The van der Waals surface area contributed by atoms with Crippen LogP contribution in [0.25, 0.3) is 0 Å². The van der Waals surface area contributed by atoms with Crippen molar-refractivity contribution in [2.75, 3.05) is 6.61 Å². The summed E-state index contributed by atoms with van der Waals surface area (Å²) in [5.74, 6) is 0. The van der Waals surface area contributed by atoms with Crippen LogP contribution in [0.15, 0.2) is 29.2 Å². The Bertz CT molecular complexity index is 797. The second-order valence-corrected chi connectivity index (χ2v) is 32.5. The Kier molecular flexibility index (Phi) is 10.7. The van der Waals surface area contributed by atoms with Crippen molar-refractivity contribution in [3.05, 3.63) is 29.8 Å². The molecule has 0 aromatic heterocycles. The summed E-state index contributed by atoms with van der Waals surface area (Å²) in [6.45, 7) is 29.4. The average molecular weight is 575 g/mol. The molecule has 202 valence electrons.